The summed E-state index contributed by atoms with van der Waals surface area (Å²) in [7, 11) is 5.78. The fourth-order valence-electron chi connectivity index (χ4n) is 2.56. The molecule has 0 spiro atoms. The van der Waals surface area contributed by atoms with Crippen LogP contribution in [0.15, 0.2) is 42.5 Å². The quantitative estimate of drug-likeness (QED) is 0.896. The summed E-state index contributed by atoms with van der Waals surface area (Å²) in [4.78, 5) is 2.21. The Morgan fingerprint density at radius 2 is 1.86 bits per heavy atom. The Hall–Kier alpha value is -2.00. The van der Waals surface area contributed by atoms with Crippen LogP contribution in [0, 0.1) is 6.92 Å². The van der Waals surface area contributed by atoms with Crippen molar-refractivity contribution in [3.8, 4) is 5.75 Å². The van der Waals surface area contributed by atoms with Gasteiger partial charge in [0.25, 0.3) is 0 Å². The molecule has 2 rings (SSSR count). The number of methoxy groups -OCH3 is 1. The molecule has 0 heterocycles. The number of rotatable bonds is 5. The normalized spacial score (nSPS) is 12.0. The average Bonchev–Trinajstić information content (AvgIpc) is 2.52. The van der Waals surface area contributed by atoms with Crippen molar-refractivity contribution in [2.24, 2.45) is 0 Å². The molecule has 2 aromatic carbocycles. The maximum absolute atomic E-state index is 5.55. The average molecular weight is 284 g/mol. The predicted octanol–water partition coefficient (Wildman–Crippen LogP) is 4.05. The van der Waals surface area contributed by atoms with E-state index in [2.05, 4.69) is 61.4 Å². The van der Waals surface area contributed by atoms with Gasteiger partial charge in [0.05, 0.1) is 7.11 Å². The van der Waals surface area contributed by atoms with E-state index in [0.29, 0.717) is 0 Å². The van der Waals surface area contributed by atoms with Crippen molar-refractivity contribution >= 4 is 11.4 Å². The summed E-state index contributed by atoms with van der Waals surface area (Å²) in [5.74, 6) is 0.911. The molecule has 0 radical (unpaired) electrons. The van der Waals surface area contributed by atoms with Gasteiger partial charge in [-0.15, -0.1) is 0 Å². The van der Waals surface area contributed by atoms with Crippen molar-refractivity contribution in [3.05, 3.63) is 53.6 Å². The molecule has 0 aliphatic rings. The highest BCUT2D eigenvalue weighted by molar-refractivity contribution is 5.69. The van der Waals surface area contributed by atoms with E-state index in [-0.39, 0.29) is 6.04 Å². The van der Waals surface area contributed by atoms with Crippen LogP contribution >= 0.6 is 0 Å². The highest BCUT2D eigenvalue weighted by Gasteiger charge is 2.18. The van der Waals surface area contributed by atoms with E-state index in [9.17, 15) is 0 Å². The lowest BCUT2D eigenvalue weighted by Gasteiger charge is -2.27. The molecule has 0 amide bonds. The number of nitrogens with one attached hydrogen (secondary N) is 1. The van der Waals surface area contributed by atoms with Gasteiger partial charge in [-0.3, -0.25) is 0 Å². The summed E-state index contributed by atoms with van der Waals surface area (Å²) < 4.78 is 5.55. The molecule has 0 aromatic heterocycles. The Morgan fingerprint density at radius 1 is 1.14 bits per heavy atom. The van der Waals surface area contributed by atoms with E-state index < -0.39 is 0 Å². The van der Waals surface area contributed by atoms with E-state index in [4.69, 9.17) is 4.74 Å². The van der Waals surface area contributed by atoms with Crippen LogP contribution < -0.4 is 15.0 Å². The molecule has 0 fully saturated rings. The lowest BCUT2D eigenvalue weighted by Crippen LogP contribution is -2.19. The SMILES string of the molecule is CNC(C)c1c(OC)cccc1N(C)c1cccc(C)c1. The molecule has 3 heteroatoms. The summed E-state index contributed by atoms with van der Waals surface area (Å²) in [6.45, 7) is 4.26. The molecule has 0 aliphatic heterocycles. The third-order valence-electron chi connectivity index (χ3n) is 3.88. The first kappa shape index (κ1) is 15.4. The van der Waals surface area contributed by atoms with Gasteiger partial charge >= 0.3 is 0 Å². The third-order valence-corrected chi connectivity index (χ3v) is 3.88. The van der Waals surface area contributed by atoms with E-state index in [1.54, 1.807) is 7.11 Å². The van der Waals surface area contributed by atoms with Gasteiger partial charge in [-0.2, -0.15) is 0 Å². The molecule has 0 saturated carbocycles. The molecule has 1 atom stereocenters. The van der Waals surface area contributed by atoms with Crippen LogP contribution in [0.2, 0.25) is 0 Å². The third kappa shape index (κ3) is 3.19. The van der Waals surface area contributed by atoms with E-state index in [0.717, 1.165) is 11.4 Å². The highest BCUT2D eigenvalue weighted by Crippen LogP contribution is 2.37. The number of benzene rings is 2. The van der Waals surface area contributed by atoms with Crippen molar-refractivity contribution in [2.45, 2.75) is 19.9 Å². The summed E-state index contributed by atoms with van der Waals surface area (Å²) in [6, 6.07) is 14.9. The first-order valence-corrected chi connectivity index (χ1v) is 7.23. The zero-order valence-corrected chi connectivity index (χ0v) is 13.5. The monoisotopic (exact) mass is 284 g/mol. The number of nitrogens with zero attached hydrogens (tertiary/aromatic N) is 1. The van der Waals surface area contributed by atoms with Gasteiger partial charge in [0.15, 0.2) is 0 Å². The molecular weight excluding hydrogens is 260 g/mol. The van der Waals surface area contributed by atoms with Crippen molar-refractivity contribution in [1.29, 1.82) is 0 Å². The predicted molar refractivity (Wildman–Crippen MR) is 89.7 cm³/mol. The Labute approximate surface area is 127 Å². The number of hydrogen-bond acceptors (Lipinski definition) is 3. The Morgan fingerprint density at radius 3 is 2.48 bits per heavy atom. The summed E-state index contributed by atoms with van der Waals surface area (Å²) in [5.41, 5.74) is 4.76. The maximum atomic E-state index is 5.55. The summed E-state index contributed by atoms with van der Waals surface area (Å²) in [6.07, 6.45) is 0. The Balaban J connectivity index is 2.52. The van der Waals surface area contributed by atoms with Gasteiger partial charge in [0.1, 0.15) is 5.75 Å². The highest BCUT2D eigenvalue weighted by atomic mass is 16.5. The Kier molecular flexibility index (Phi) is 4.86. The minimum absolute atomic E-state index is 0.211. The summed E-state index contributed by atoms with van der Waals surface area (Å²) in [5, 5.41) is 3.31. The van der Waals surface area contributed by atoms with Crippen LogP contribution in [-0.4, -0.2) is 21.2 Å². The van der Waals surface area contributed by atoms with Crippen LogP contribution in [0.25, 0.3) is 0 Å². The van der Waals surface area contributed by atoms with Crippen LogP contribution in [0.3, 0.4) is 0 Å². The van der Waals surface area contributed by atoms with Crippen molar-refractivity contribution < 1.29 is 4.74 Å². The van der Waals surface area contributed by atoms with Crippen molar-refractivity contribution in [2.75, 3.05) is 26.1 Å². The lowest BCUT2D eigenvalue weighted by molar-refractivity contribution is 0.404. The minimum Gasteiger partial charge on any atom is -0.496 e. The maximum Gasteiger partial charge on any atom is 0.125 e. The molecule has 21 heavy (non-hydrogen) atoms. The van der Waals surface area contributed by atoms with Gasteiger partial charge in [0, 0.05) is 30.0 Å². The van der Waals surface area contributed by atoms with Gasteiger partial charge in [-0.05, 0) is 50.7 Å². The van der Waals surface area contributed by atoms with Gasteiger partial charge < -0.3 is 15.0 Å². The number of aryl methyl sites for hydroxylation is 1. The van der Waals surface area contributed by atoms with E-state index in [1.165, 1.54) is 16.8 Å². The molecule has 3 nitrogen and oxygen atoms in total. The molecule has 0 aliphatic carbocycles. The minimum atomic E-state index is 0.211. The molecule has 1 unspecified atom stereocenters. The van der Waals surface area contributed by atoms with Gasteiger partial charge in [0.2, 0.25) is 0 Å². The molecule has 0 bridgehead atoms. The molecule has 2 aromatic rings. The zero-order chi connectivity index (χ0) is 15.4. The first-order chi connectivity index (χ1) is 10.1. The lowest BCUT2D eigenvalue weighted by atomic mass is 10.0. The zero-order valence-electron chi connectivity index (χ0n) is 13.5. The largest absolute Gasteiger partial charge is 0.496 e. The smallest absolute Gasteiger partial charge is 0.125 e. The van der Waals surface area contributed by atoms with Gasteiger partial charge in [-0.1, -0.05) is 18.2 Å². The van der Waals surface area contributed by atoms with E-state index >= 15 is 0 Å². The van der Waals surface area contributed by atoms with Crippen molar-refractivity contribution in [3.63, 3.8) is 0 Å². The Bertz CT molecular complexity index is 610. The fraction of sp³-hybridized carbons (Fsp3) is 0.333. The fourth-order valence-corrected chi connectivity index (χ4v) is 2.56. The second-order valence-corrected chi connectivity index (χ2v) is 5.30. The van der Waals surface area contributed by atoms with Crippen molar-refractivity contribution in [1.82, 2.24) is 5.32 Å². The summed E-state index contributed by atoms with van der Waals surface area (Å²) >= 11 is 0. The first-order valence-electron chi connectivity index (χ1n) is 7.23. The molecule has 112 valence electrons. The second kappa shape index (κ2) is 6.64. The number of ether oxygens (including phenoxy) is 1. The van der Waals surface area contributed by atoms with Crippen LogP contribution in [0.1, 0.15) is 24.1 Å². The molecule has 0 saturated heterocycles. The van der Waals surface area contributed by atoms with Crippen LogP contribution in [-0.2, 0) is 0 Å². The van der Waals surface area contributed by atoms with E-state index in [1.807, 2.05) is 19.2 Å². The molecular formula is C18H24N2O. The second-order valence-electron chi connectivity index (χ2n) is 5.30. The van der Waals surface area contributed by atoms with Gasteiger partial charge in [-0.25, -0.2) is 0 Å². The number of anilines is 2. The number of hydrogen-bond donors (Lipinski definition) is 1. The topological polar surface area (TPSA) is 24.5 Å². The van der Waals surface area contributed by atoms with Crippen LogP contribution in [0.4, 0.5) is 11.4 Å². The standard InChI is InChI=1S/C18H24N2O/c1-13-8-6-9-15(12-13)20(4)16-10-7-11-17(21-5)18(16)14(2)19-3/h6-12,14,19H,1-5H3. The molecule has 1 N–H and O–H groups in total. The van der Waals surface area contributed by atoms with Crippen LogP contribution in [0.5, 0.6) is 5.75 Å².